The van der Waals surface area contributed by atoms with Gasteiger partial charge in [-0.3, -0.25) is 4.79 Å². The van der Waals surface area contributed by atoms with Crippen molar-refractivity contribution in [2.75, 3.05) is 13.1 Å². The van der Waals surface area contributed by atoms with Crippen molar-refractivity contribution in [3.05, 3.63) is 28.1 Å². The van der Waals surface area contributed by atoms with Gasteiger partial charge in [0.15, 0.2) is 0 Å². The van der Waals surface area contributed by atoms with Crippen LogP contribution in [-0.2, 0) is 11.2 Å². The number of likely N-dealkylation sites (tertiary alicyclic amines) is 1. The van der Waals surface area contributed by atoms with Crippen molar-refractivity contribution in [2.24, 2.45) is 0 Å². The molecule has 1 aliphatic rings. The Balaban J connectivity index is 1.71. The predicted molar refractivity (Wildman–Crippen MR) is 84.3 cm³/mol. The largest absolute Gasteiger partial charge is 0.344 e. The molecule has 2 aromatic heterocycles. The summed E-state index contributed by atoms with van der Waals surface area (Å²) >= 11 is 5.95. The Labute approximate surface area is 139 Å². The van der Waals surface area contributed by atoms with Crippen molar-refractivity contribution in [3.8, 4) is 0 Å². The van der Waals surface area contributed by atoms with Crippen LogP contribution in [0.4, 0.5) is 0 Å². The van der Waals surface area contributed by atoms with Crippen LogP contribution in [0.5, 0.6) is 0 Å². The van der Waals surface area contributed by atoms with Gasteiger partial charge in [-0.25, -0.2) is 9.67 Å². The van der Waals surface area contributed by atoms with Crippen LogP contribution in [0.25, 0.3) is 0 Å². The number of carbonyl (C=O) groups is 1. The first kappa shape index (κ1) is 16.0. The second kappa shape index (κ2) is 6.31. The van der Waals surface area contributed by atoms with Crippen molar-refractivity contribution in [3.63, 3.8) is 0 Å². The third kappa shape index (κ3) is 3.24. The van der Waals surface area contributed by atoms with E-state index in [-0.39, 0.29) is 23.6 Å². The maximum Gasteiger partial charge on any atom is 0.229 e. The quantitative estimate of drug-likeness (QED) is 0.858. The maximum absolute atomic E-state index is 12.6. The van der Waals surface area contributed by atoms with Crippen LogP contribution in [-0.4, -0.2) is 43.8 Å². The number of amides is 1. The Morgan fingerprint density at radius 1 is 1.39 bits per heavy atom. The van der Waals surface area contributed by atoms with Crippen LogP contribution in [0.15, 0.2) is 4.52 Å². The Hall–Kier alpha value is -1.89. The van der Waals surface area contributed by atoms with Gasteiger partial charge in [0.05, 0.1) is 18.2 Å². The van der Waals surface area contributed by atoms with Gasteiger partial charge in [-0.15, -0.1) is 0 Å². The number of aryl methyl sites for hydroxylation is 3. The molecule has 1 fully saturated rings. The standard InChI is InChI=1S/C15H20ClN5O2/c1-9-13(15(16)23-19-9)7-14(22)20-6-4-5-12(8-20)21-11(3)17-10(2)18-21/h12H,4-8H2,1-3H3. The van der Waals surface area contributed by atoms with Crippen LogP contribution in [0.1, 0.15) is 41.8 Å². The molecule has 7 nitrogen and oxygen atoms in total. The number of carbonyl (C=O) groups excluding carboxylic acids is 1. The van der Waals surface area contributed by atoms with Crippen LogP contribution >= 0.6 is 11.6 Å². The topological polar surface area (TPSA) is 77.0 Å². The SMILES string of the molecule is Cc1nc(C)n(C2CCCN(C(=O)Cc3c(C)noc3Cl)C2)n1. The molecular weight excluding hydrogens is 318 g/mol. The summed E-state index contributed by atoms with van der Waals surface area (Å²) in [5.74, 6) is 1.69. The highest BCUT2D eigenvalue weighted by Gasteiger charge is 2.27. The molecule has 0 aliphatic carbocycles. The van der Waals surface area contributed by atoms with Gasteiger partial charge in [-0.1, -0.05) is 5.16 Å². The van der Waals surface area contributed by atoms with E-state index in [4.69, 9.17) is 16.1 Å². The molecule has 0 bridgehead atoms. The first-order valence-corrected chi connectivity index (χ1v) is 8.11. The summed E-state index contributed by atoms with van der Waals surface area (Å²) in [5.41, 5.74) is 1.34. The Morgan fingerprint density at radius 2 is 2.17 bits per heavy atom. The Kier molecular flexibility index (Phi) is 4.39. The fourth-order valence-electron chi connectivity index (χ4n) is 3.08. The lowest BCUT2D eigenvalue weighted by molar-refractivity contribution is -0.132. The van der Waals surface area contributed by atoms with E-state index in [1.54, 1.807) is 6.92 Å². The molecule has 3 heterocycles. The molecule has 0 radical (unpaired) electrons. The van der Waals surface area contributed by atoms with E-state index in [9.17, 15) is 4.79 Å². The van der Waals surface area contributed by atoms with Gasteiger partial charge in [0.1, 0.15) is 11.6 Å². The third-order valence-corrected chi connectivity index (χ3v) is 4.56. The van der Waals surface area contributed by atoms with Gasteiger partial charge in [-0.05, 0) is 45.2 Å². The van der Waals surface area contributed by atoms with E-state index < -0.39 is 0 Å². The number of piperidine rings is 1. The molecule has 0 aromatic carbocycles. The molecule has 23 heavy (non-hydrogen) atoms. The lowest BCUT2D eigenvalue weighted by Crippen LogP contribution is -2.42. The number of rotatable bonds is 3. The lowest BCUT2D eigenvalue weighted by Gasteiger charge is -2.33. The zero-order valence-corrected chi connectivity index (χ0v) is 14.3. The maximum atomic E-state index is 12.6. The molecule has 0 saturated carbocycles. The minimum Gasteiger partial charge on any atom is -0.344 e. The lowest BCUT2D eigenvalue weighted by atomic mass is 10.0. The molecular formula is C15H20ClN5O2. The van der Waals surface area contributed by atoms with E-state index in [0.29, 0.717) is 17.8 Å². The second-order valence-corrected chi connectivity index (χ2v) is 6.33. The van der Waals surface area contributed by atoms with Gasteiger partial charge in [-0.2, -0.15) is 5.10 Å². The first-order chi connectivity index (χ1) is 11.0. The second-order valence-electron chi connectivity index (χ2n) is 5.98. The molecule has 3 rings (SSSR count). The summed E-state index contributed by atoms with van der Waals surface area (Å²) in [7, 11) is 0. The molecule has 1 aliphatic heterocycles. The molecule has 8 heteroatoms. The third-order valence-electron chi connectivity index (χ3n) is 4.27. The summed E-state index contributed by atoms with van der Waals surface area (Å²) < 4.78 is 6.85. The Bertz CT molecular complexity index is 704. The summed E-state index contributed by atoms with van der Waals surface area (Å²) in [5, 5.41) is 8.45. The van der Waals surface area contributed by atoms with Crippen molar-refractivity contribution in [1.82, 2.24) is 24.8 Å². The summed E-state index contributed by atoms with van der Waals surface area (Å²) in [4.78, 5) is 18.8. The fraction of sp³-hybridized carbons (Fsp3) is 0.600. The van der Waals surface area contributed by atoms with E-state index in [1.165, 1.54) is 0 Å². The van der Waals surface area contributed by atoms with Crippen molar-refractivity contribution >= 4 is 17.5 Å². The van der Waals surface area contributed by atoms with Crippen molar-refractivity contribution < 1.29 is 9.32 Å². The van der Waals surface area contributed by atoms with E-state index in [1.807, 2.05) is 23.4 Å². The summed E-state index contributed by atoms with van der Waals surface area (Å²) in [6, 6.07) is 0.174. The predicted octanol–water partition coefficient (Wildman–Crippen LogP) is 2.25. The minimum atomic E-state index is 0.0393. The first-order valence-electron chi connectivity index (χ1n) is 7.74. The van der Waals surface area contributed by atoms with E-state index in [2.05, 4.69) is 15.2 Å². The van der Waals surface area contributed by atoms with Crippen molar-refractivity contribution in [2.45, 2.75) is 46.1 Å². The molecule has 2 aromatic rings. The zero-order valence-electron chi connectivity index (χ0n) is 13.5. The van der Waals surface area contributed by atoms with Gasteiger partial charge in [0.25, 0.3) is 0 Å². The highest BCUT2D eigenvalue weighted by atomic mass is 35.5. The average Bonchev–Trinajstić information content (AvgIpc) is 3.03. The summed E-state index contributed by atoms with van der Waals surface area (Å²) in [6.07, 6.45) is 2.17. The van der Waals surface area contributed by atoms with Crippen LogP contribution in [0.3, 0.4) is 0 Å². The molecule has 0 N–H and O–H groups in total. The number of hydrogen-bond acceptors (Lipinski definition) is 5. The monoisotopic (exact) mass is 337 g/mol. The van der Waals surface area contributed by atoms with E-state index >= 15 is 0 Å². The van der Waals surface area contributed by atoms with Crippen LogP contribution < -0.4 is 0 Å². The van der Waals surface area contributed by atoms with Gasteiger partial charge in [0, 0.05) is 18.7 Å². The molecule has 1 atom stereocenters. The van der Waals surface area contributed by atoms with Gasteiger partial charge in [0.2, 0.25) is 11.1 Å². The summed E-state index contributed by atoms with van der Waals surface area (Å²) in [6.45, 7) is 7.01. The highest BCUT2D eigenvalue weighted by Crippen LogP contribution is 2.24. The highest BCUT2D eigenvalue weighted by molar-refractivity contribution is 6.29. The average molecular weight is 338 g/mol. The normalized spacial score (nSPS) is 18.4. The zero-order chi connectivity index (χ0) is 16.6. The van der Waals surface area contributed by atoms with Crippen LogP contribution in [0.2, 0.25) is 5.22 Å². The molecule has 1 amide bonds. The molecule has 1 saturated heterocycles. The molecule has 0 spiro atoms. The number of halogens is 1. The van der Waals surface area contributed by atoms with Gasteiger partial charge >= 0.3 is 0 Å². The number of hydrogen-bond donors (Lipinski definition) is 0. The van der Waals surface area contributed by atoms with Crippen molar-refractivity contribution in [1.29, 1.82) is 0 Å². The van der Waals surface area contributed by atoms with Crippen LogP contribution in [0, 0.1) is 20.8 Å². The minimum absolute atomic E-state index is 0.0393. The van der Waals surface area contributed by atoms with Gasteiger partial charge < -0.3 is 9.42 Å². The smallest absolute Gasteiger partial charge is 0.229 e. The van der Waals surface area contributed by atoms with E-state index in [0.717, 1.165) is 31.0 Å². The fourth-order valence-corrected chi connectivity index (χ4v) is 3.32. The molecule has 1 unspecified atom stereocenters. The Morgan fingerprint density at radius 3 is 2.78 bits per heavy atom. The molecule has 124 valence electrons. The number of aromatic nitrogens is 4. The number of nitrogens with zero attached hydrogens (tertiary/aromatic N) is 5.